The van der Waals surface area contributed by atoms with Gasteiger partial charge in [0.05, 0.1) is 24.6 Å². The van der Waals surface area contributed by atoms with Crippen LogP contribution in [0.2, 0.25) is 0 Å². The fourth-order valence-corrected chi connectivity index (χ4v) is 2.90. The quantitative estimate of drug-likeness (QED) is 0.649. The largest absolute Gasteiger partial charge is 0.465 e. The van der Waals surface area contributed by atoms with Crippen LogP contribution in [-0.4, -0.2) is 26.5 Å². The lowest BCUT2D eigenvalue weighted by Crippen LogP contribution is -2.18. The average molecular weight is 307 g/mol. The number of nitrogens with one attached hydrogen (secondary N) is 1. The second-order valence-corrected chi connectivity index (χ2v) is 5.75. The number of esters is 1. The summed E-state index contributed by atoms with van der Waals surface area (Å²) < 4.78 is 31.6. The molecule has 0 aliphatic rings. The van der Waals surface area contributed by atoms with Crippen LogP contribution < -0.4 is 10.5 Å². The van der Waals surface area contributed by atoms with Gasteiger partial charge >= 0.3 is 5.97 Å². The van der Waals surface area contributed by atoms with E-state index in [9.17, 15) is 13.2 Å². The summed E-state index contributed by atoms with van der Waals surface area (Å²) in [6, 6.07) is 7.02. The molecule has 110 valence electrons. The smallest absolute Gasteiger partial charge is 0.339 e. The lowest BCUT2D eigenvalue weighted by Gasteiger charge is -2.11. The number of hydrogen-bond donors (Lipinski definition) is 2. The lowest BCUT2D eigenvalue weighted by molar-refractivity contribution is 0.0596. The Morgan fingerprint density at radius 2 is 2.10 bits per heavy atom. The number of carbonyl (C=O) groups excluding carboxylic acids is 1. The van der Waals surface area contributed by atoms with Crippen molar-refractivity contribution in [3.05, 3.63) is 48.3 Å². The fourth-order valence-electron chi connectivity index (χ4n) is 1.68. The van der Waals surface area contributed by atoms with E-state index < -0.39 is 16.0 Å². The van der Waals surface area contributed by atoms with Crippen LogP contribution >= 0.6 is 0 Å². The van der Waals surface area contributed by atoms with Crippen molar-refractivity contribution < 1.29 is 17.9 Å². The number of aromatic nitrogens is 1. The number of rotatable bonds is 4. The summed E-state index contributed by atoms with van der Waals surface area (Å²) in [5, 5.41) is 0. The molecule has 0 aliphatic heterocycles. The molecule has 8 heteroatoms. The first-order valence-electron chi connectivity index (χ1n) is 5.85. The summed E-state index contributed by atoms with van der Waals surface area (Å²) in [7, 11) is -2.80. The molecule has 2 aromatic rings. The summed E-state index contributed by atoms with van der Waals surface area (Å²) in [6.07, 6.45) is 2.87. The Morgan fingerprint density at radius 3 is 2.71 bits per heavy atom. The number of sulfonamides is 1. The summed E-state index contributed by atoms with van der Waals surface area (Å²) in [6.45, 7) is 0. The first-order chi connectivity index (χ1) is 9.94. The molecule has 2 rings (SSSR count). The number of methoxy groups -OCH3 is 1. The molecular formula is C13H13N3O4S. The summed E-state index contributed by atoms with van der Waals surface area (Å²) >= 11 is 0. The van der Waals surface area contributed by atoms with E-state index in [-0.39, 0.29) is 21.8 Å². The monoisotopic (exact) mass is 307 g/mol. The maximum atomic E-state index is 12.4. The van der Waals surface area contributed by atoms with Crippen molar-refractivity contribution in [1.29, 1.82) is 0 Å². The van der Waals surface area contributed by atoms with Crippen molar-refractivity contribution in [1.82, 2.24) is 4.98 Å². The number of nitrogen functional groups attached to an aromatic ring is 1. The zero-order valence-electron chi connectivity index (χ0n) is 11.1. The van der Waals surface area contributed by atoms with Gasteiger partial charge in [-0.1, -0.05) is 0 Å². The molecule has 21 heavy (non-hydrogen) atoms. The van der Waals surface area contributed by atoms with Crippen LogP contribution in [-0.2, 0) is 14.8 Å². The Balaban J connectivity index is 2.47. The molecule has 0 spiro atoms. The summed E-state index contributed by atoms with van der Waals surface area (Å²) in [5.74, 6) is -0.783. The van der Waals surface area contributed by atoms with E-state index >= 15 is 0 Å². The third kappa shape index (κ3) is 3.29. The zero-order valence-corrected chi connectivity index (χ0v) is 11.9. The molecule has 0 saturated heterocycles. The van der Waals surface area contributed by atoms with E-state index in [0.29, 0.717) is 0 Å². The van der Waals surface area contributed by atoms with Crippen molar-refractivity contribution in [2.75, 3.05) is 17.6 Å². The highest BCUT2D eigenvalue weighted by atomic mass is 32.2. The van der Waals surface area contributed by atoms with Crippen LogP contribution in [0.5, 0.6) is 0 Å². The van der Waals surface area contributed by atoms with Gasteiger partial charge in [0.25, 0.3) is 10.0 Å². The number of ether oxygens (including phenoxy) is 1. The molecule has 7 nitrogen and oxygen atoms in total. The minimum absolute atomic E-state index is 0.131. The third-order valence-electron chi connectivity index (χ3n) is 2.61. The topological polar surface area (TPSA) is 111 Å². The molecule has 0 radical (unpaired) electrons. The van der Waals surface area contributed by atoms with Crippen molar-refractivity contribution in [3.8, 4) is 0 Å². The van der Waals surface area contributed by atoms with Gasteiger partial charge in [-0.3, -0.25) is 9.71 Å². The SMILES string of the molecule is COC(=O)c1cc(N)ccc1S(=O)(=O)Nc1cccnc1. The molecule has 1 heterocycles. The molecule has 0 fully saturated rings. The van der Waals surface area contributed by atoms with Crippen LogP contribution in [0.3, 0.4) is 0 Å². The van der Waals surface area contributed by atoms with Gasteiger partial charge in [0.2, 0.25) is 0 Å². The van der Waals surface area contributed by atoms with E-state index in [1.165, 1.54) is 30.6 Å². The van der Waals surface area contributed by atoms with Gasteiger partial charge in [0.1, 0.15) is 4.90 Å². The van der Waals surface area contributed by atoms with Gasteiger partial charge in [-0.15, -0.1) is 0 Å². The number of nitrogens with two attached hydrogens (primary N) is 1. The maximum Gasteiger partial charge on any atom is 0.339 e. The standard InChI is InChI=1S/C13H13N3O4S/c1-20-13(17)11-7-9(14)4-5-12(11)21(18,19)16-10-3-2-6-15-8-10/h2-8,16H,14H2,1H3. The van der Waals surface area contributed by atoms with Crippen LogP contribution in [0.1, 0.15) is 10.4 Å². The number of nitrogens with zero attached hydrogens (tertiary/aromatic N) is 1. The predicted molar refractivity (Wildman–Crippen MR) is 77.2 cm³/mol. The highest BCUT2D eigenvalue weighted by Gasteiger charge is 2.23. The molecule has 0 amide bonds. The Hall–Kier alpha value is -2.61. The first-order valence-corrected chi connectivity index (χ1v) is 7.33. The van der Waals surface area contributed by atoms with E-state index in [0.717, 1.165) is 7.11 Å². The first kappa shape index (κ1) is 14.8. The Bertz CT molecular complexity index is 760. The van der Waals surface area contributed by atoms with E-state index in [1.807, 2.05) is 0 Å². The van der Waals surface area contributed by atoms with Gasteiger partial charge < -0.3 is 10.5 Å². The van der Waals surface area contributed by atoms with Gasteiger partial charge in [0, 0.05) is 11.9 Å². The van der Waals surface area contributed by atoms with Crippen LogP contribution in [0.15, 0.2) is 47.6 Å². The molecule has 0 saturated carbocycles. The molecule has 0 unspecified atom stereocenters. The molecule has 0 atom stereocenters. The molecule has 1 aromatic carbocycles. The summed E-state index contributed by atoms with van der Waals surface area (Å²) in [4.78, 5) is 15.3. The van der Waals surface area contributed by atoms with Gasteiger partial charge in [-0.25, -0.2) is 13.2 Å². The minimum Gasteiger partial charge on any atom is -0.465 e. The van der Waals surface area contributed by atoms with Crippen molar-refractivity contribution in [2.24, 2.45) is 0 Å². The fraction of sp³-hybridized carbons (Fsp3) is 0.0769. The highest BCUT2D eigenvalue weighted by Crippen LogP contribution is 2.22. The maximum absolute atomic E-state index is 12.4. The van der Waals surface area contributed by atoms with Gasteiger partial charge in [-0.2, -0.15) is 0 Å². The normalized spacial score (nSPS) is 10.9. The highest BCUT2D eigenvalue weighted by molar-refractivity contribution is 7.92. The van der Waals surface area contributed by atoms with Crippen molar-refractivity contribution in [2.45, 2.75) is 4.90 Å². The van der Waals surface area contributed by atoms with E-state index in [4.69, 9.17) is 5.73 Å². The number of anilines is 2. The number of hydrogen-bond acceptors (Lipinski definition) is 6. The zero-order chi connectivity index (χ0) is 15.5. The van der Waals surface area contributed by atoms with E-state index in [2.05, 4.69) is 14.4 Å². The Morgan fingerprint density at radius 1 is 1.33 bits per heavy atom. The Labute approximate surface area is 121 Å². The number of carbonyl (C=O) groups is 1. The molecule has 0 bridgehead atoms. The lowest BCUT2D eigenvalue weighted by atomic mass is 10.2. The van der Waals surface area contributed by atoms with Crippen molar-refractivity contribution >= 4 is 27.4 Å². The third-order valence-corrected chi connectivity index (χ3v) is 4.05. The minimum atomic E-state index is -3.96. The Kier molecular flexibility index (Phi) is 4.08. The van der Waals surface area contributed by atoms with Crippen LogP contribution in [0.25, 0.3) is 0 Å². The number of pyridine rings is 1. The predicted octanol–water partition coefficient (Wildman–Crippen LogP) is 1.25. The molecular weight excluding hydrogens is 294 g/mol. The average Bonchev–Trinajstić information content (AvgIpc) is 2.46. The van der Waals surface area contributed by atoms with Crippen molar-refractivity contribution in [3.63, 3.8) is 0 Å². The summed E-state index contributed by atoms with van der Waals surface area (Å²) in [5.41, 5.74) is 5.99. The second-order valence-electron chi connectivity index (χ2n) is 4.09. The van der Waals surface area contributed by atoms with Crippen LogP contribution in [0.4, 0.5) is 11.4 Å². The molecule has 0 aliphatic carbocycles. The molecule has 3 N–H and O–H groups in total. The van der Waals surface area contributed by atoms with E-state index in [1.54, 1.807) is 12.1 Å². The van der Waals surface area contributed by atoms with Gasteiger partial charge in [-0.05, 0) is 30.3 Å². The van der Waals surface area contributed by atoms with Gasteiger partial charge in [0.15, 0.2) is 0 Å². The second kappa shape index (κ2) is 5.80. The number of benzene rings is 1. The van der Waals surface area contributed by atoms with Crippen LogP contribution in [0, 0.1) is 0 Å². The molecule has 1 aromatic heterocycles.